The number of thioether (sulfide) groups is 1. The predicted molar refractivity (Wildman–Crippen MR) is 101 cm³/mol. The van der Waals surface area contributed by atoms with Crippen molar-refractivity contribution in [2.24, 2.45) is 0 Å². The smallest absolute Gasteiger partial charge is 0.410 e. The summed E-state index contributed by atoms with van der Waals surface area (Å²) in [6.07, 6.45) is 1.71. The largest absolute Gasteiger partial charge is 0.508 e. The summed E-state index contributed by atoms with van der Waals surface area (Å²) in [4.78, 5) is 15.0. The number of carbonyl (C=O) groups excluding carboxylic acids is 1. The number of rotatable bonds is 2. The first kappa shape index (κ1) is 20.7. The molecule has 1 aromatic rings. The normalized spacial score (nSPS) is 15.5. The van der Waals surface area contributed by atoms with Crippen LogP contribution >= 0.6 is 11.8 Å². The minimum Gasteiger partial charge on any atom is -0.508 e. The molecular weight excluding hydrogens is 322 g/mol. The molecule has 1 amide bonds. The van der Waals surface area contributed by atoms with E-state index in [9.17, 15) is 9.90 Å². The van der Waals surface area contributed by atoms with E-state index in [1.807, 2.05) is 59.4 Å². The Morgan fingerprint density at radius 2 is 1.83 bits per heavy atom. The molecule has 1 heterocycles. The van der Waals surface area contributed by atoms with Gasteiger partial charge < -0.3 is 14.7 Å². The van der Waals surface area contributed by atoms with Crippen molar-refractivity contribution in [3.05, 3.63) is 23.8 Å². The summed E-state index contributed by atoms with van der Waals surface area (Å²) < 4.78 is 5.42. The Bertz CT molecular complexity index is 532. The number of likely N-dealkylation sites (tertiary alicyclic amines) is 1. The van der Waals surface area contributed by atoms with Crippen molar-refractivity contribution >= 4 is 17.9 Å². The van der Waals surface area contributed by atoms with Crippen LogP contribution in [0.4, 0.5) is 4.79 Å². The fraction of sp³-hybridized carbons (Fsp3) is 0.632. The topological polar surface area (TPSA) is 49.8 Å². The Balaban J connectivity index is 0.00000139. The van der Waals surface area contributed by atoms with Crippen molar-refractivity contribution < 1.29 is 14.6 Å². The van der Waals surface area contributed by atoms with Crippen LogP contribution in [0.2, 0.25) is 0 Å². The average molecular weight is 354 g/mol. The van der Waals surface area contributed by atoms with Gasteiger partial charge in [-0.15, -0.1) is 11.8 Å². The maximum absolute atomic E-state index is 12.0. The van der Waals surface area contributed by atoms with Crippen LogP contribution in [0.25, 0.3) is 0 Å². The van der Waals surface area contributed by atoms with Gasteiger partial charge in [-0.1, -0.05) is 13.8 Å². The highest BCUT2D eigenvalue weighted by molar-refractivity contribution is 8.00. The summed E-state index contributed by atoms with van der Waals surface area (Å²) in [5, 5.41) is 9.97. The summed E-state index contributed by atoms with van der Waals surface area (Å²) in [6.45, 7) is 13.2. The zero-order chi connectivity index (χ0) is 18.3. The van der Waals surface area contributed by atoms with Crippen LogP contribution in [-0.2, 0) is 4.74 Å². The first-order valence-electron chi connectivity index (χ1n) is 8.69. The lowest BCUT2D eigenvalue weighted by Crippen LogP contribution is -2.42. The molecule has 1 aromatic carbocycles. The van der Waals surface area contributed by atoms with Gasteiger partial charge in [-0.2, -0.15) is 0 Å². The summed E-state index contributed by atoms with van der Waals surface area (Å²) >= 11 is 1.84. The van der Waals surface area contributed by atoms with Crippen LogP contribution in [-0.4, -0.2) is 40.0 Å². The van der Waals surface area contributed by atoms with E-state index >= 15 is 0 Å². The molecule has 1 fully saturated rings. The van der Waals surface area contributed by atoms with Crippen LogP contribution < -0.4 is 0 Å². The molecule has 0 atom stereocenters. The second-order valence-electron chi connectivity index (χ2n) is 6.73. The number of hydrogen-bond acceptors (Lipinski definition) is 4. The van der Waals surface area contributed by atoms with Gasteiger partial charge in [-0.3, -0.25) is 0 Å². The van der Waals surface area contributed by atoms with Gasteiger partial charge in [-0.25, -0.2) is 4.79 Å². The third-order valence-corrected chi connectivity index (χ3v) is 5.06. The predicted octanol–water partition coefficient (Wildman–Crippen LogP) is 5.22. The molecule has 0 spiro atoms. The van der Waals surface area contributed by atoms with E-state index in [-0.39, 0.29) is 6.09 Å². The summed E-state index contributed by atoms with van der Waals surface area (Å²) in [6, 6.07) is 5.49. The number of nitrogens with zero attached hydrogens (tertiary/aromatic N) is 1. The maximum atomic E-state index is 12.0. The molecular formula is C19H31NO3S. The monoisotopic (exact) mass is 353 g/mol. The Hall–Kier alpha value is -1.36. The molecule has 2 rings (SSSR count). The number of phenolic OH excluding ortho intramolecular Hbond substituents is 1. The molecule has 1 aliphatic rings. The molecule has 5 heteroatoms. The highest BCUT2D eigenvalue weighted by Crippen LogP contribution is 2.33. The van der Waals surface area contributed by atoms with Crippen molar-refractivity contribution in [1.82, 2.24) is 4.90 Å². The number of phenols is 1. The first-order chi connectivity index (χ1) is 11.2. The second-order valence-corrected chi connectivity index (χ2v) is 8.08. The average Bonchev–Trinajstić information content (AvgIpc) is 2.51. The lowest BCUT2D eigenvalue weighted by molar-refractivity contribution is 0.0219. The molecule has 0 unspecified atom stereocenters. The zero-order valence-corrected chi connectivity index (χ0v) is 16.6. The summed E-state index contributed by atoms with van der Waals surface area (Å²) in [5.41, 5.74) is 0.658. The first-order valence-corrected chi connectivity index (χ1v) is 9.57. The van der Waals surface area contributed by atoms with Crippen molar-refractivity contribution in [3.8, 4) is 5.75 Å². The highest BCUT2D eigenvalue weighted by atomic mass is 32.2. The third kappa shape index (κ3) is 6.63. The Kier molecular flexibility index (Phi) is 7.94. The van der Waals surface area contributed by atoms with Crippen molar-refractivity contribution in [2.45, 2.75) is 70.1 Å². The van der Waals surface area contributed by atoms with Gasteiger partial charge in [0.2, 0.25) is 0 Å². The standard InChI is InChI=1S/C17H25NO3S.C2H6/c1-12-11-13(19)5-6-15(12)22-14-7-9-18(10-8-14)16(20)21-17(2,3)4;1-2/h5-6,11,14,19H,7-10H2,1-4H3;1-2H3. The van der Waals surface area contributed by atoms with Gasteiger partial charge in [0.05, 0.1) is 0 Å². The number of aryl methyl sites for hydroxylation is 1. The Morgan fingerprint density at radius 1 is 1.25 bits per heavy atom. The van der Waals surface area contributed by atoms with Gasteiger partial charge >= 0.3 is 6.09 Å². The van der Waals surface area contributed by atoms with Crippen molar-refractivity contribution in [1.29, 1.82) is 0 Å². The molecule has 0 bridgehead atoms. The van der Waals surface area contributed by atoms with Crippen LogP contribution in [0.1, 0.15) is 53.0 Å². The van der Waals surface area contributed by atoms with E-state index in [0.717, 1.165) is 31.5 Å². The molecule has 4 nitrogen and oxygen atoms in total. The van der Waals surface area contributed by atoms with Gasteiger partial charge in [0, 0.05) is 23.2 Å². The van der Waals surface area contributed by atoms with Gasteiger partial charge in [0.15, 0.2) is 0 Å². The van der Waals surface area contributed by atoms with E-state index in [1.54, 1.807) is 17.0 Å². The number of aromatic hydroxyl groups is 1. The molecule has 1 N–H and O–H groups in total. The fourth-order valence-electron chi connectivity index (χ4n) is 2.43. The van der Waals surface area contributed by atoms with E-state index in [1.165, 1.54) is 4.90 Å². The molecule has 0 saturated carbocycles. The zero-order valence-electron chi connectivity index (χ0n) is 15.8. The second kappa shape index (κ2) is 9.21. The SMILES string of the molecule is CC.Cc1cc(O)ccc1SC1CCN(C(=O)OC(C)(C)C)CC1. The molecule has 0 aliphatic carbocycles. The van der Waals surface area contributed by atoms with Crippen LogP contribution in [0.5, 0.6) is 5.75 Å². The minimum absolute atomic E-state index is 0.211. The lowest BCUT2D eigenvalue weighted by Gasteiger charge is -2.33. The molecule has 0 aromatic heterocycles. The number of hydrogen-bond donors (Lipinski definition) is 1. The highest BCUT2D eigenvalue weighted by Gasteiger charge is 2.27. The fourth-order valence-corrected chi connectivity index (χ4v) is 3.63. The third-order valence-electron chi connectivity index (χ3n) is 3.55. The molecule has 136 valence electrons. The van der Waals surface area contributed by atoms with E-state index < -0.39 is 5.60 Å². The van der Waals surface area contributed by atoms with E-state index in [4.69, 9.17) is 4.74 Å². The van der Waals surface area contributed by atoms with E-state index in [2.05, 4.69) is 0 Å². The lowest BCUT2D eigenvalue weighted by atomic mass is 10.1. The van der Waals surface area contributed by atoms with Gasteiger partial charge in [0.1, 0.15) is 11.4 Å². The number of carbonyl (C=O) groups is 1. The molecule has 1 saturated heterocycles. The maximum Gasteiger partial charge on any atom is 0.410 e. The molecule has 0 radical (unpaired) electrons. The van der Waals surface area contributed by atoms with Crippen molar-refractivity contribution in [3.63, 3.8) is 0 Å². The van der Waals surface area contributed by atoms with Crippen LogP contribution in [0.3, 0.4) is 0 Å². The van der Waals surface area contributed by atoms with Gasteiger partial charge in [-0.05, 0) is 64.3 Å². The van der Waals surface area contributed by atoms with E-state index in [0.29, 0.717) is 11.0 Å². The summed E-state index contributed by atoms with van der Waals surface area (Å²) in [7, 11) is 0. The minimum atomic E-state index is -0.439. The number of amides is 1. The number of piperidine rings is 1. The van der Waals surface area contributed by atoms with Gasteiger partial charge in [0.25, 0.3) is 0 Å². The molecule has 24 heavy (non-hydrogen) atoms. The summed E-state index contributed by atoms with van der Waals surface area (Å²) in [5.74, 6) is 0.307. The Morgan fingerprint density at radius 3 is 2.33 bits per heavy atom. The quantitative estimate of drug-likeness (QED) is 0.792. The van der Waals surface area contributed by atoms with Crippen LogP contribution in [0.15, 0.2) is 23.1 Å². The number of ether oxygens (including phenoxy) is 1. The molecule has 1 aliphatic heterocycles. The van der Waals surface area contributed by atoms with Crippen LogP contribution in [0, 0.1) is 6.92 Å². The van der Waals surface area contributed by atoms with Crippen molar-refractivity contribution in [2.75, 3.05) is 13.1 Å². The number of benzene rings is 1. The Labute approximate surface area is 150 Å².